The molecular weight excluding hydrogens is 450 g/mol. The molecular formula is C23H39NO10. The van der Waals surface area contributed by atoms with Crippen LogP contribution < -0.4 is 5.32 Å². The molecule has 0 aliphatic carbocycles. The van der Waals surface area contributed by atoms with Crippen LogP contribution in [-0.4, -0.2) is 102 Å². The average molecular weight is 490 g/mol. The number of carbonyl (C=O) groups is 1. The Morgan fingerprint density at radius 2 is 1.94 bits per heavy atom. The Kier molecular flexibility index (Phi) is 8.44. The van der Waals surface area contributed by atoms with E-state index in [1.165, 1.54) is 7.11 Å². The van der Waals surface area contributed by atoms with Gasteiger partial charge in [-0.25, -0.2) is 0 Å². The molecule has 0 aromatic rings. The third-order valence-electron chi connectivity index (χ3n) is 7.55. The molecule has 0 aromatic carbocycles. The summed E-state index contributed by atoms with van der Waals surface area (Å²) in [5, 5.41) is 43.8. The molecule has 0 saturated carbocycles. The number of rotatable bonds is 7. The second-order valence-electron chi connectivity index (χ2n) is 10.1. The van der Waals surface area contributed by atoms with Crippen molar-refractivity contribution in [3.63, 3.8) is 0 Å². The maximum absolute atomic E-state index is 13.1. The van der Waals surface area contributed by atoms with Gasteiger partial charge in [0, 0.05) is 31.3 Å². The zero-order chi connectivity index (χ0) is 25.4. The van der Waals surface area contributed by atoms with Crippen LogP contribution in [0.25, 0.3) is 0 Å². The molecule has 0 aromatic heterocycles. The first-order chi connectivity index (χ1) is 15.9. The van der Waals surface area contributed by atoms with E-state index in [9.17, 15) is 25.2 Å². The number of methoxy groups -OCH3 is 1. The fraction of sp³-hybridized carbons (Fsp3) is 0.870. The summed E-state index contributed by atoms with van der Waals surface area (Å²) in [5.74, 6) is -2.39. The Labute approximate surface area is 200 Å². The predicted octanol–water partition coefficient (Wildman–Crippen LogP) is -0.596. The van der Waals surface area contributed by atoms with Crippen LogP contribution in [0.15, 0.2) is 12.2 Å². The first kappa shape index (κ1) is 27.4. The van der Waals surface area contributed by atoms with E-state index in [0.717, 1.165) is 5.57 Å². The van der Waals surface area contributed by atoms with Gasteiger partial charge in [0.05, 0.1) is 31.0 Å². The minimum Gasteiger partial charge on any atom is -0.394 e. The second kappa shape index (κ2) is 10.5. The zero-order valence-electron chi connectivity index (χ0n) is 20.5. The standard InChI is InChI=1S/C23H39NO10/c1-11-8-23(30-6,34-13(3)12(11)2)19(28)20(29)24-21-17-16(31-10-32-21)18(27)22(4,5)15(33-17)7-14(26)9-25/h12-19,21,25-28H,1,7-10H2,2-6H3,(H,24,29)/t12-,13-,14+,15-,16+,17+,18-,19-,21-,23-/m1/s1. The Morgan fingerprint density at radius 1 is 1.26 bits per heavy atom. The maximum atomic E-state index is 13.1. The number of fused-ring (bicyclic) bond motifs is 1. The van der Waals surface area contributed by atoms with Crippen LogP contribution in [0.1, 0.15) is 40.5 Å². The topological polar surface area (TPSA) is 156 Å². The molecule has 0 unspecified atom stereocenters. The molecule has 0 bridgehead atoms. The molecule has 0 spiro atoms. The molecule has 196 valence electrons. The van der Waals surface area contributed by atoms with E-state index in [4.69, 9.17) is 23.7 Å². The molecule has 34 heavy (non-hydrogen) atoms. The lowest BCUT2D eigenvalue weighted by molar-refractivity contribution is -0.330. The molecule has 10 atom stereocenters. The van der Waals surface area contributed by atoms with Crippen molar-refractivity contribution in [1.82, 2.24) is 5.32 Å². The van der Waals surface area contributed by atoms with Crippen LogP contribution in [0.3, 0.4) is 0 Å². The van der Waals surface area contributed by atoms with Crippen molar-refractivity contribution in [2.45, 2.75) is 95.3 Å². The van der Waals surface area contributed by atoms with E-state index in [1.54, 1.807) is 13.8 Å². The molecule has 3 rings (SSSR count). The lowest BCUT2D eigenvalue weighted by Gasteiger charge is -2.53. The highest BCUT2D eigenvalue weighted by Crippen LogP contribution is 2.42. The maximum Gasteiger partial charge on any atom is 0.256 e. The highest BCUT2D eigenvalue weighted by atomic mass is 16.7. The van der Waals surface area contributed by atoms with Gasteiger partial charge in [0.1, 0.15) is 19.0 Å². The summed E-state index contributed by atoms with van der Waals surface area (Å²) in [6, 6.07) is 0. The van der Waals surface area contributed by atoms with E-state index in [0.29, 0.717) is 0 Å². The summed E-state index contributed by atoms with van der Waals surface area (Å²) in [6.07, 6.45) is -7.36. The number of aliphatic hydroxyl groups excluding tert-OH is 4. The van der Waals surface area contributed by atoms with E-state index in [2.05, 4.69) is 11.9 Å². The summed E-state index contributed by atoms with van der Waals surface area (Å²) in [6.45, 7) is 10.7. The summed E-state index contributed by atoms with van der Waals surface area (Å²) in [4.78, 5) is 13.1. The molecule has 0 radical (unpaired) electrons. The van der Waals surface area contributed by atoms with Gasteiger partial charge in [0.15, 0.2) is 12.3 Å². The largest absolute Gasteiger partial charge is 0.394 e. The Balaban J connectivity index is 1.76. The number of ether oxygens (including phenoxy) is 5. The van der Waals surface area contributed by atoms with Crippen LogP contribution in [0, 0.1) is 11.3 Å². The number of hydrogen-bond acceptors (Lipinski definition) is 10. The first-order valence-electron chi connectivity index (χ1n) is 11.6. The van der Waals surface area contributed by atoms with Crippen molar-refractivity contribution in [1.29, 1.82) is 0 Å². The van der Waals surface area contributed by atoms with Gasteiger partial charge in [0.25, 0.3) is 5.91 Å². The minimum atomic E-state index is -1.70. The van der Waals surface area contributed by atoms with Crippen LogP contribution >= 0.6 is 0 Å². The Bertz CT molecular complexity index is 747. The van der Waals surface area contributed by atoms with Crippen molar-refractivity contribution in [2.75, 3.05) is 20.5 Å². The number of nitrogens with one attached hydrogen (secondary N) is 1. The third kappa shape index (κ3) is 5.04. The molecule has 11 heteroatoms. The summed E-state index contributed by atoms with van der Waals surface area (Å²) >= 11 is 0. The van der Waals surface area contributed by atoms with Crippen molar-refractivity contribution in [3.8, 4) is 0 Å². The zero-order valence-corrected chi connectivity index (χ0v) is 20.5. The van der Waals surface area contributed by atoms with Crippen LogP contribution in [0.5, 0.6) is 0 Å². The fourth-order valence-electron chi connectivity index (χ4n) is 4.84. The van der Waals surface area contributed by atoms with Gasteiger partial charge in [-0.15, -0.1) is 0 Å². The molecule has 3 aliphatic rings. The second-order valence-corrected chi connectivity index (χ2v) is 10.1. The normalized spacial score (nSPS) is 41.9. The van der Waals surface area contributed by atoms with Gasteiger partial charge in [-0.05, 0) is 6.92 Å². The van der Waals surface area contributed by atoms with Crippen molar-refractivity contribution in [3.05, 3.63) is 12.2 Å². The molecule has 3 heterocycles. The first-order valence-corrected chi connectivity index (χ1v) is 11.6. The highest BCUT2D eigenvalue weighted by molar-refractivity contribution is 5.82. The van der Waals surface area contributed by atoms with Gasteiger partial charge in [-0.3, -0.25) is 4.79 Å². The average Bonchev–Trinajstić information content (AvgIpc) is 2.80. The van der Waals surface area contributed by atoms with Crippen molar-refractivity contribution < 1.29 is 48.9 Å². The van der Waals surface area contributed by atoms with E-state index in [1.807, 2.05) is 13.8 Å². The molecule has 11 nitrogen and oxygen atoms in total. The third-order valence-corrected chi connectivity index (χ3v) is 7.55. The van der Waals surface area contributed by atoms with Gasteiger partial charge < -0.3 is 49.4 Å². The van der Waals surface area contributed by atoms with Gasteiger partial charge >= 0.3 is 0 Å². The number of hydrogen-bond donors (Lipinski definition) is 5. The minimum absolute atomic E-state index is 0.0322. The summed E-state index contributed by atoms with van der Waals surface area (Å²) < 4.78 is 28.7. The van der Waals surface area contributed by atoms with Crippen LogP contribution in [-0.2, 0) is 28.5 Å². The Morgan fingerprint density at radius 3 is 2.53 bits per heavy atom. The molecule has 3 fully saturated rings. The number of carbonyl (C=O) groups excluding carboxylic acids is 1. The van der Waals surface area contributed by atoms with Crippen LogP contribution in [0.2, 0.25) is 0 Å². The number of aliphatic hydroxyl groups is 4. The Hall–Kier alpha value is -1.15. The van der Waals surface area contributed by atoms with E-state index in [-0.39, 0.29) is 31.7 Å². The van der Waals surface area contributed by atoms with Crippen molar-refractivity contribution in [2.24, 2.45) is 11.3 Å². The van der Waals surface area contributed by atoms with Crippen LogP contribution in [0.4, 0.5) is 0 Å². The van der Waals surface area contributed by atoms with E-state index < -0.39 is 66.6 Å². The monoisotopic (exact) mass is 489 g/mol. The van der Waals surface area contributed by atoms with E-state index >= 15 is 0 Å². The quantitative estimate of drug-likeness (QED) is 0.293. The molecule has 5 N–H and O–H groups in total. The van der Waals surface area contributed by atoms with Gasteiger partial charge in [-0.2, -0.15) is 0 Å². The molecule has 3 saturated heterocycles. The van der Waals surface area contributed by atoms with Gasteiger partial charge in [-0.1, -0.05) is 32.9 Å². The molecule has 3 aliphatic heterocycles. The fourth-order valence-corrected chi connectivity index (χ4v) is 4.84. The summed E-state index contributed by atoms with van der Waals surface area (Å²) in [7, 11) is 1.35. The highest BCUT2D eigenvalue weighted by Gasteiger charge is 2.56. The number of amides is 1. The smallest absolute Gasteiger partial charge is 0.256 e. The molecule has 1 amide bonds. The van der Waals surface area contributed by atoms with Gasteiger partial charge in [0.2, 0.25) is 5.79 Å². The lowest BCUT2D eigenvalue weighted by atomic mass is 9.72. The lowest BCUT2D eigenvalue weighted by Crippen LogP contribution is -2.69. The SMILES string of the molecule is C=C1C[C@](OC)([C@H](O)C(=O)N[C@@H]2OCO[C@H]3[C@@H]2O[C@H](C[C@H](O)CO)C(C)(C)[C@@H]3O)O[C@H](C)[C@@H]1C. The predicted molar refractivity (Wildman–Crippen MR) is 118 cm³/mol. The summed E-state index contributed by atoms with van der Waals surface area (Å²) in [5.41, 5.74) is -0.0209. The van der Waals surface area contributed by atoms with Crippen molar-refractivity contribution >= 4 is 5.91 Å².